The van der Waals surface area contributed by atoms with Crippen LogP contribution in [0, 0.1) is 0 Å². The molecule has 1 aliphatic heterocycles. The number of rotatable bonds is 7. The van der Waals surface area contributed by atoms with Crippen LogP contribution in [0.15, 0.2) is 40.2 Å². The van der Waals surface area contributed by atoms with Gasteiger partial charge >= 0.3 is 0 Å². The van der Waals surface area contributed by atoms with Crippen molar-refractivity contribution in [2.45, 2.75) is 23.3 Å². The number of ether oxygens (including phenoxy) is 1. The number of benzene rings is 1. The summed E-state index contributed by atoms with van der Waals surface area (Å²) in [5, 5.41) is 6.90. The van der Waals surface area contributed by atoms with Gasteiger partial charge in [0.25, 0.3) is 0 Å². The van der Waals surface area contributed by atoms with E-state index in [2.05, 4.69) is 58.9 Å². The maximum Gasteiger partial charge on any atom is 0.191 e. The smallest absolute Gasteiger partial charge is 0.191 e. The molecule has 0 atom stereocenters. The van der Waals surface area contributed by atoms with Crippen molar-refractivity contribution in [1.82, 2.24) is 15.5 Å². The Labute approximate surface area is 173 Å². The molecule has 2 N–H and O–H groups in total. The minimum absolute atomic E-state index is 0. The van der Waals surface area contributed by atoms with Gasteiger partial charge in [-0.05, 0) is 39.1 Å². The first-order valence-electron chi connectivity index (χ1n) is 8.54. The standard InChI is InChI=1S/C18H30N4OS.HI/c1-19-17(20-11-14-24-16-7-5-4-6-8-16)21-15-18(22(2)3)9-12-23-13-10-18;/h4-8H,9-15H2,1-3H3,(H2,19,20,21);1H. The Kier molecular flexibility index (Phi) is 10.8. The number of hydrogen-bond acceptors (Lipinski definition) is 4. The maximum atomic E-state index is 5.53. The number of nitrogens with zero attached hydrogens (tertiary/aromatic N) is 2. The van der Waals surface area contributed by atoms with E-state index in [1.807, 2.05) is 24.9 Å². The molecule has 0 amide bonds. The largest absolute Gasteiger partial charge is 0.381 e. The molecule has 0 unspecified atom stereocenters. The topological polar surface area (TPSA) is 48.9 Å². The van der Waals surface area contributed by atoms with Crippen LogP contribution < -0.4 is 10.6 Å². The first-order chi connectivity index (χ1) is 11.7. The summed E-state index contributed by atoms with van der Waals surface area (Å²) in [6, 6.07) is 10.5. The Balaban J connectivity index is 0.00000312. The zero-order chi connectivity index (χ0) is 17.3. The molecule has 0 bridgehead atoms. The number of aliphatic imine (C=N–C) groups is 1. The fourth-order valence-corrected chi connectivity index (χ4v) is 3.65. The molecule has 1 saturated heterocycles. The van der Waals surface area contributed by atoms with Crippen LogP contribution >= 0.6 is 35.7 Å². The molecule has 5 nitrogen and oxygen atoms in total. The van der Waals surface area contributed by atoms with E-state index in [1.165, 1.54) is 4.90 Å². The van der Waals surface area contributed by atoms with E-state index in [1.54, 1.807) is 0 Å². The van der Waals surface area contributed by atoms with Crippen molar-refractivity contribution in [3.63, 3.8) is 0 Å². The van der Waals surface area contributed by atoms with Gasteiger partial charge in [-0.25, -0.2) is 0 Å². The van der Waals surface area contributed by atoms with Gasteiger partial charge in [-0.3, -0.25) is 4.99 Å². The zero-order valence-electron chi connectivity index (χ0n) is 15.5. The molecule has 0 radical (unpaired) electrons. The summed E-state index contributed by atoms with van der Waals surface area (Å²) < 4.78 is 5.53. The molecule has 1 aromatic rings. The van der Waals surface area contributed by atoms with Crippen molar-refractivity contribution in [2.24, 2.45) is 4.99 Å². The van der Waals surface area contributed by atoms with Crippen LogP contribution in [-0.2, 0) is 4.74 Å². The molecule has 0 saturated carbocycles. The van der Waals surface area contributed by atoms with Gasteiger partial charge in [0, 0.05) is 49.5 Å². The Morgan fingerprint density at radius 3 is 2.48 bits per heavy atom. The Morgan fingerprint density at radius 2 is 1.88 bits per heavy atom. The summed E-state index contributed by atoms with van der Waals surface area (Å²) >= 11 is 1.85. The normalized spacial score (nSPS) is 17.0. The number of thioether (sulfide) groups is 1. The minimum Gasteiger partial charge on any atom is -0.381 e. The van der Waals surface area contributed by atoms with Crippen LogP contribution in [-0.4, -0.2) is 69.6 Å². The highest BCUT2D eigenvalue weighted by atomic mass is 127. The highest BCUT2D eigenvalue weighted by Gasteiger charge is 2.34. The third kappa shape index (κ3) is 7.32. The van der Waals surface area contributed by atoms with E-state index in [0.29, 0.717) is 0 Å². The molecule has 0 spiro atoms. The van der Waals surface area contributed by atoms with E-state index in [4.69, 9.17) is 4.74 Å². The number of nitrogens with one attached hydrogen (secondary N) is 2. The van der Waals surface area contributed by atoms with Gasteiger partial charge in [0.05, 0.1) is 0 Å². The van der Waals surface area contributed by atoms with E-state index < -0.39 is 0 Å². The van der Waals surface area contributed by atoms with Crippen LogP contribution in [0.1, 0.15) is 12.8 Å². The highest BCUT2D eigenvalue weighted by Crippen LogP contribution is 2.25. The molecule has 1 aliphatic rings. The second-order valence-electron chi connectivity index (χ2n) is 6.25. The SMILES string of the molecule is CN=C(NCCSc1ccccc1)NCC1(N(C)C)CCOCC1.I. The van der Waals surface area contributed by atoms with Gasteiger partial charge < -0.3 is 20.3 Å². The van der Waals surface area contributed by atoms with Crippen molar-refractivity contribution >= 4 is 41.7 Å². The molecule has 1 heterocycles. The third-order valence-electron chi connectivity index (χ3n) is 4.59. The van der Waals surface area contributed by atoms with Crippen molar-refractivity contribution in [3.8, 4) is 0 Å². The minimum atomic E-state index is 0. The van der Waals surface area contributed by atoms with E-state index in [9.17, 15) is 0 Å². The molecular weight excluding hydrogens is 447 g/mol. The lowest BCUT2D eigenvalue weighted by Gasteiger charge is -2.43. The lowest BCUT2D eigenvalue weighted by molar-refractivity contribution is -0.00500. The summed E-state index contributed by atoms with van der Waals surface area (Å²) in [5.74, 6) is 1.88. The molecule has 7 heteroatoms. The van der Waals surface area contributed by atoms with Gasteiger partial charge in [-0.15, -0.1) is 35.7 Å². The van der Waals surface area contributed by atoms with Crippen molar-refractivity contribution in [1.29, 1.82) is 0 Å². The zero-order valence-corrected chi connectivity index (χ0v) is 18.6. The molecule has 142 valence electrons. The van der Waals surface area contributed by atoms with Crippen LogP contribution in [0.5, 0.6) is 0 Å². The molecular formula is C18H31IN4OS. The summed E-state index contributed by atoms with van der Waals surface area (Å²) in [7, 11) is 6.13. The fraction of sp³-hybridized carbons (Fsp3) is 0.611. The number of hydrogen-bond donors (Lipinski definition) is 2. The van der Waals surface area contributed by atoms with Crippen LogP contribution in [0.4, 0.5) is 0 Å². The second-order valence-corrected chi connectivity index (χ2v) is 7.41. The van der Waals surface area contributed by atoms with Crippen LogP contribution in [0.3, 0.4) is 0 Å². The van der Waals surface area contributed by atoms with Gasteiger partial charge in [-0.1, -0.05) is 18.2 Å². The van der Waals surface area contributed by atoms with Crippen molar-refractivity contribution in [2.75, 3.05) is 53.2 Å². The quantitative estimate of drug-likeness (QED) is 0.208. The van der Waals surface area contributed by atoms with Crippen LogP contribution in [0.25, 0.3) is 0 Å². The van der Waals surface area contributed by atoms with Gasteiger partial charge in [-0.2, -0.15) is 0 Å². The Morgan fingerprint density at radius 1 is 1.20 bits per heavy atom. The second kappa shape index (κ2) is 12.0. The van der Waals surface area contributed by atoms with Gasteiger partial charge in [0.1, 0.15) is 0 Å². The number of likely N-dealkylation sites (N-methyl/N-ethyl adjacent to an activating group) is 1. The van der Waals surface area contributed by atoms with E-state index in [0.717, 1.165) is 50.9 Å². The van der Waals surface area contributed by atoms with Crippen molar-refractivity contribution in [3.05, 3.63) is 30.3 Å². The van der Waals surface area contributed by atoms with Gasteiger partial charge in [0.2, 0.25) is 0 Å². The first-order valence-corrected chi connectivity index (χ1v) is 9.52. The van der Waals surface area contributed by atoms with Gasteiger partial charge in [0.15, 0.2) is 5.96 Å². The van der Waals surface area contributed by atoms with E-state index in [-0.39, 0.29) is 29.5 Å². The Bertz CT molecular complexity index is 507. The van der Waals surface area contributed by atoms with E-state index >= 15 is 0 Å². The highest BCUT2D eigenvalue weighted by molar-refractivity contribution is 14.0. The monoisotopic (exact) mass is 478 g/mol. The van der Waals surface area contributed by atoms with Crippen LogP contribution in [0.2, 0.25) is 0 Å². The predicted octanol–water partition coefficient (Wildman–Crippen LogP) is 2.67. The predicted molar refractivity (Wildman–Crippen MR) is 118 cm³/mol. The molecule has 0 aliphatic carbocycles. The third-order valence-corrected chi connectivity index (χ3v) is 5.60. The molecule has 1 fully saturated rings. The lowest BCUT2D eigenvalue weighted by atomic mass is 9.88. The molecule has 2 rings (SSSR count). The summed E-state index contributed by atoms with van der Waals surface area (Å²) in [5.41, 5.74) is 0.147. The molecule has 0 aromatic heterocycles. The lowest BCUT2D eigenvalue weighted by Crippen LogP contribution is -2.57. The summed E-state index contributed by atoms with van der Waals surface area (Å²) in [4.78, 5) is 7.97. The average molecular weight is 478 g/mol. The number of halogens is 1. The summed E-state index contributed by atoms with van der Waals surface area (Å²) in [6.07, 6.45) is 2.10. The van der Waals surface area contributed by atoms with Crippen molar-refractivity contribution < 1.29 is 4.74 Å². The summed E-state index contributed by atoms with van der Waals surface area (Å²) in [6.45, 7) is 3.44. The number of guanidine groups is 1. The molecule has 25 heavy (non-hydrogen) atoms. The fourth-order valence-electron chi connectivity index (χ4n) is 2.86. The first kappa shape index (κ1) is 22.5. The Hall–Kier alpha value is -0.510. The average Bonchev–Trinajstić information content (AvgIpc) is 2.62. The maximum absolute atomic E-state index is 5.53. The molecule has 1 aromatic carbocycles.